The molecule has 5 N–H and O–H groups in total. The number of hydrogen-bond acceptors (Lipinski definition) is 7. The number of ether oxygens (including phenoxy) is 2. The molecule has 0 aromatic rings. The first-order chi connectivity index (χ1) is 20.3. The van der Waals surface area contributed by atoms with Crippen molar-refractivity contribution in [2.24, 2.45) is 35.5 Å². The topological polar surface area (TPSA) is 107 Å². The number of nitrogens with zero attached hydrogens (tertiary/aromatic N) is 1. The van der Waals surface area contributed by atoms with Crippen molar-refractivity contribution in [2.75, 3.05) is 26.3 Å². The van der Waals surface area contributed by atoms with Crippen LogP contribution in [0.2, 0.25) is 0 Å². The minimum absolute atomic E-state index is 0.0364. The average Bonchev–Trinajstić information content (AvgIpc) is 3.79. The largest absolute Gasteiger partial charge is 0.388 e. The predicted molar refractivity (Wildman–Crippen MR) is 159 cm³/mol. The van der Waals surface area contributed by atoms with Crippen LogP contribution in [0.25, 0.3) is 0 Å². The lowest BCUT2D eigenvalue weighted by molar-refractivity contribution is -0.161. The van der Waals surface area contributed by atoms with Crippen molar-refractivity contribution in [1.82, 2.24) is 26.2 Å². The molecule has 10 heteroatoms. The summed E-state index contributed by atoms with van der Waals surface area (Å²) in [5, 5.41) is 26.5. The van der Waals surface area contributed by atoms with Crippen LogP contribution < -0.4 is 21.3 Å². The summed E-state index contributed by atoms with van der Waals surface area (Å²) in [7, 11) is 0. The summed E-state index contributed by atoms with van der Waals surface area (Å²) in [5.41, 5.74) is 0. The van der Waals surface area contributed by atoms with E-state index < -0.39 is 18.4 Å². The number of fused-ring (bicyclic) bond motifs is 5. The van der Waals surface area contributed by atoms with E-state index >= 15 is 4.39 Å². The van der Waals surface area contributed by atoms with Crippen LogP contribution in [-0.2, 0) is 9.47 Å². The molecule has 0 aromatic heterocycles. The van der Waals surface area contributed by atoms with Crippen LogP contribution in [0.1, 0.15) is 79.1 Å². The molecule has 0 spiro atoms. The first-order valence-electron chi connectivity index (χ1n) is 17.1. The number of piperidine rings is 2. The monoisotopic (exact) mass is 593 g/mol. The van der Waals surface area contributed by atoms with Gasteiger partial charge < -0.3 is 30.1 Å². The molecule has 4 aliphatic heterocycles. The lowest BCUT2D eigenvalue weighted by Gasteiger charge is -2.59. The smallest absolute Gasteiger partial charge is 0.320 e. The number of alkyl halides is 1. The number of urea groups is 1. The Morgan fingerprint density at radius 2 is 2.00 bits per heavy atom. The normalized spacial score (nSPS) is 46.2. The van der Waals surface area contributed by atoms with Gasteiger partial charge in [0.2, 0.25) is 0 Å². The third kappa shape index (κ3) is 6.10. The molecule has 9 nitrogen and oxygen atoms in total. The minimum Gasteiger partial charge on any atom is -0.388 e. The summed E-state index contributed by atoms with van der Waals surface area (Å²) in [6, 6.07) is -0.357. The third-order valence-electron chi connectivity index (χ3n) is 11.3. The van der Waals surface area contributed by atoms with E-state index in [1.54, 1.807) is 0 Å². The van der Waals surface area contributed by atoms with Gasteiger partial charge in [0.05, 0.1) is 37.2 Å². The predicted octanol–water partition coefficient (Wildman–Crippen LogP) is 2.97. The van der Waals surface area contributed by atoms with Crippen LogP contribution >= 0.6 is 0 Å². The maximum absolute atomic E-state index is 15.9. The molecule has 2 saturated carbocycles. The molecule has 4 heterocycles. The van der Waals surface area contributed by atoms with Gasteiger partial charge in [-0.3, -0.25) is 10.6 Å². The van der Waals surface area contributed by atoms with Gasteiger partial charge in [-0.25, -0.2) is 9.18 Å². The van der Waals surface area contributed by atoms with Crippen molar-refractivity contribution in [2.45, 2.75) is 134 Å². The van der Waals surface area contributed by atoms with Gasteiger partial charge in [0.25, 0.3) is 0 Å². The van der Waals surface area contributed by atoms with E-state index in [0.717, 1.165) is 45.2 Å². The second-order valence-electron chi connectivity index (χ2n) is 14.7. The molecule has 4 saturated heterocycles. The van der Waals surface area contributed by atoms with Crippen LogP contribution in [-0.4, -0.2) is 97.3 Å². The Kier molecular flexibility index (Phi) is 9.68. The van der Waals surface area contributed by atoms with Crippen molar-refractivity contribution in [1.29, 1.82) is 0 Å². The van der Waals surface area contributed by atoms with Gasteiger partial charge in [0, 0.05) is 36.4 Å². The number of aliphatic hydroxyl groups excluding tert-OH is 1. The summed E-state index contributed by atoms with van der Waals surface area (Å²) in [5.74, 6) is 0.771. The molecule has 2 amide bonds. The maximum Gasteiger partial charge on any atom is 0.320 e. The Bertz CT molecular complexity index is 925. The fourth-order valence-corrected chi connectivity index (χ4v) is 9.04. The number of rotatable bonds is 7. The zero-order chi connectivity index (χ0) is 29.5. The van der Waals surface area contributed by atoms with E-state index in [4.69, 9.17) is 9.47 Å². The van der Waals surface area contributed by atoms with E-state index in [0.29, 0.717) is 18.9 Å². The summed E-state index contributed by atoms with van der Waals surface area (Å²) in [6.45, 7) is 11.2. The van der Waals surface area contributed by atoms with Gasteiger partial charge in [-0.05, 0) is 82.2 Å². The highest BCUT2D eigenvalue weighted by Crippen LogP contribution is 2.44. The molecule has 0 radical (unpaired) electrons. The number of amides is 2. The molecule has 13 unspecified atom stereocenters. The summed E-state index contributed by atoms with van der Waals surface area (Å²) in [6.07, 6.45) is 4.17. The Morgan fingerprint density at radius 3 is 2.74 bits per heavy atom. The number of aliphatic hydroxyl groups is 1. The number of halogens is 1. The number of carbonyl (C=O) groups excluding carboxylic acids is 1. The molecule has 2 aliphatic carbocycles. The second-order valence-corrected chi connectivity index (χ2v) is 14.7. The van der Waals surface area contributed by atoms with Crippen molar-refractivity contribution in [3.63, 3.8) is 0 Å². The van der Waals surface area contributed by atoms with Crippen molar-refractivity contribution >= 4 is 6.03 Å². The van der Waals surface area contributed by atoms with E-state index in [2.05, 4.69) is 53.9 Å². The van der Waals surface area contributed by atoms with Crippen LogP contribution in [0.15, 0.2) is 0 Å². The van der Waals surface area contributed by atoms with Gasteiger partial charge in [-0.1, -0.05) is 27.7 Å². The molecule has 0 aromatic carbocycles. The maximum atomic E-state index is 15.9. The van der Waals surface area contributed by atoms with Gasteiger partial charge in [-0.15, -0.1) is 0 Å². The van der Waals surface area contributed by atoms with Crippen molar-refractivity contribution < 1.29 is 23.8 Å². The quantitative estimate of drug-likeness (QED) is 0.309. The summed E-state index contributed by atoms with van der Waals surface area (Å²) < 4.78 is 29.1. The third-order valence-corrected chi connectivity index (χ3v) is 11.3. The summed E-state index contributed by atoms with van der Waals surface area (Å²) >= 11 is 0. The number of hydrogen-bond donors (Lipinski definition) is 5. The number of nitrogens with one attached hydrogen (secondary N) is 4. The molecule has 6 aliphatic rings. The van der Waals surface area contributed by atoms with Gasteiger partial charge in [-0.2, -0.15) is 0 Å². The van der Waals surface area contributed by atoms with Crippen LogP contribution in [0.4, 0.5) is 9.18 Å². The Morgan fingerprint density at radius 1 is 1.19 bits per heavy atom. The van der Waals surface area contributed by atoms with Crippen LogP contribution in [0, 0.1) is 35.5 Å². The second kappa shape index (κ2) is 13.1. The van der Waals surface area contributed by atoms with E-state index in [9.17, 15) is 9.90 Å². The molecular formula is C32H56FN5O4. The van der Waals surface area contributed by atoms with E-state index in [-0.39, 0.29) is 78.8 Å². The molecular weight excluding hydrogens is 537 g/mol. The highest BCUT2D eigenvalue weighted by molar-refractivity contribution is 5.76. The van der Waals surface area contributed by atoms with Crippen molar-refractivity contribution in [3.05, 3.63) is 0 Å². The molecule has 2 bridgehead atoms. The molecule has 6 rings (SSSR count). The zero-order valence-electron chi connectivity index (χ0n) is 26.1. The SMILES string of the molecule is CCCNC1NC(=O)N2C3NC(C(C)CC13)C1C(F)CCCC1OCC(O)C(OCC1CC1)C1CCNC(C(C)C)C12. The standard InChI is InChI=1S/C32H56FN5O4/c1-5-12-35-30-21-14-18(4)27-25-22(33)7-6-8-24(25)41-16-23(39)29(42-15-19-9-10-19)20-11-13-34-26(17(2)3)28(20)38(31(21)36-27)32(40)37-30/h17-31,34-36,39H,5-16H2,1-4H3,(H,37,40). The Balaban J connectivity index is 1.43. The first kappa shape index (κ1) is 31.0. The van der Waals surface area contributed by atoms with Crippen LogP contribution in [0.3, 0.4) is 0 Å². The Hall–Kier alpha value is -1.04. The zero-order valence-corrected chi connectivity index (χ0v) is 26.1. The highest BCUT2D eigenvalue weighted by atomic mass is 19.1. The fourth-order valence-electron chi connectivity index (χ4n) is 9.04. The van der Waals surface area contributed by atoms with E-state index in [1.807, 2.05) is 0 Å². The van der Waals surface area contributed by atoms with E-state index in [1.165, 1.54) is 12.8 Å². The van der Waals surface area contributed by atoms with Crippen LogP contribution in [0.5, 0.6) is 0 Å². The Labute approximate surface area is 251 Å². The number of carbonyl (C=O) groups is 1. The van der Waals surface area contributed by atoms with Gasteiger partial charge in [0.1, 0.15) is 12.3 Å². The fraction of sp³-hybridized carbons (Fsp3) is 0.969. The van der Waals surface area contributed by atoms with Gasteiger partial charge in [0.15, 0.2) is 0 Å². The molecule has 13 atom stereocenters. The summed E-state index contributed by atoms with van der Waals surface area (Å²) in [4.78, 5) is 16.4. The van der Waals surface area contributed by atoms with Crippen molar-refractivity contribution in [3.8, 4) is 0 Å². The average molecular weight is 594 g/mol. The first-order valence-corrected chi connectivity index (χ1v) is 17.1. The lowest BCUT2D eigenvalue weighted by atomic mass is 9.69. The highest BCUT2D eigenvalue weighted by Gasteiger charge is 2.57. The lowest BCUT2D eigenvalue weighted by Crippen LogP contribution is -2.79. The molecule has 42 heavy (non-hydrogen) atoms. The molecule has 6 fully saturated rings. The van der Waals surface area contributed by atoms with Gasteiger partial charge >= 0.3 is 6.03 Å². The molecule has 240 valence electrons. The minimum atomic E-state index is -0.977.